The van der Waals surface area contributed by atoms with E-state index >= 15 is 0 Å². The lowest BCUT2D eigenvalue weighted by molar-refractivity contribution is 0.102. The van der Waals surface area contributed by atoms with Gasteiger partial charge in [0.05, 0.1) is 6.26 Å². The van der Waals surface area contributed by atoms with Gasteiger partial charge in [0.2, 0.25) is 10.0 Å². The number of aromatic nitrogens is 2. The second-order valence-corrected chi connectivity index (χ2v) is 6.28. The number of benzene rings is 1. The van der Waals surface area contributed by atoms with Crippen molar-refractivity contribution in [2.45, 2.75) is 0 Å². The van der Waals surface area contributed by atoms with Gasteiger partial charge in [-0.05, 0) is 36.4 Å². The molecule has 0 spiro atoms. The van der Waals surface area contributed by atoms with Crippen LogP contribution in [0.3, 0.4) is 0 Å². The Kier molecular flexibility index (Phi) is 4.39. The first kappa shape index (κ1) is 15.2. The zero-order valence-electron chi connectivity index (χ0n) is 10.9. The van der Waals surface area contributed by atoms with Crippen LogP contribution in [0, 0.1) is 0 Å². The van der Waals surface area contributed by atoms with E-state index < -0.39 is 15.9 Å². The third-order valence-corrected chi connectivity index (χ3v) is 3.12. The molecule has 0 radical (unpaired) electrons. The Bertz CT molecular complexity index is 745. The van der Waals surface area contributed by atoms with Crippen molar-refractivity contribution >= 4 is 38.9 Å². The highest BCUT2D eigenvalue weighted by molar-refractivity contribution is 7.92. The minimum absolute atomic E-state index is 0.123. The van der Waals surface area contributed by atoms with E-state index in [1.54, 1.807) is 12.1 Å². The summed E-state index contributed by atoms with van der Waals surface area (Å²) in [7, 11) is -3.33. The summed E-state index contributed by atoms with van der Waals surface area (Å²) < 4.78 is 24.5. The fourth-order valence-electron chi connectivity index (χ4n) is 1.47. The molecule has 0 atom stereocenters. The molecule has 0 aliphatic carbocycles. The number of hydrogen-bond acceptors (Lipinski definition) is 5. The lowest BCUT2D eigenvalue weighted by atomic mass is 10.2. The van der Waals surface area contributed by atoms with Crippen molar-refractivity contribution in [3.05, 3.63) is 47.2 Å². The number of nitrogens with one attached hydrogen (secondary N) is 2. The maximum Gasteiger partial charge on any atom is 0.276 e. The summed E-state index contributed by atoms with van der Waals surface area (Å²) in [4.78, 5) is 11.9. The summed E-state index contributed by atoms with van der Waals surface area (Å²) in [6.45, 7) is 0. The van der Waals surface area contributed by atoms with Crippen LogP contribution in [0.4, 0.5) is 11.4 Å². The first-order valence-corrected chi connectivity index (χ1v) is 7.99. The van der Waals surface area contributed by atoms with Crippen LogP contribution in [0.2, 0.25) is 5.15 Å². The smallest absolute Gasteiger partial charge is 0.276 e. The maximum absolute atomic E-state index is 11.9. The predicted molar refractivity (Wildman–Crippen MR) is 79.9 cm³/mol. The SMILES string of the molecule is CS(=O)(=O)Nc1ccc(NC(=O)c2ccc(Cl)nn2)cc1. The summed E-state index contributed by atoms with van der Waals surface area (Å²) in [6.07, 6.45) is 1.06. The number of carbonyl (C=O) groups excluding carboxylic acids is 1. The van der Waals surface area contributed by atoms with Crippen molar-refractivity contribution in [3.8, 4) is 0 Å². The number of halogens is 1. The minimum Gasteiger partial charge on any atom is -0.321 e. The lowest BCUT2D eigenvalue weighted by Crippen LogP contribution is -2.14. The Morgan fingerprint density at radius 1 is 1.05 bits per heavy atom. The quantitative estimate of drug-likeness (QED) is 0.891. The summed E-state index contributed by atoms with van der Waals surface area (Å²) in [5.41, 5.74) is 1.02. The van der Waals surface area contributed by atoms with E-state index in [-0.39, 0.29) is 10.8 Å². The lowest BCUT2D eigenvalue weighted by Gasteiger charge is -2.07. The van der Waals surface area contributed by atoms with E-state index in [0.29, 0.717) is 11.4 Å². The summed E-state index contributed by atoms with van der Waals surface area (Å²) >= 11 is 5.59. The first-order chi connectivity index (χ1) is 9.83. The first-order valence-electron chi connectivity index (χ1n) is 5.72. The maximum atomic E-state index is 11.9. The van der Waals surface area contributed by atoms with E-state index in [1.807, 2.05) is 0 Å². The molecule has 0 aliphatic heterocycles. The molecule has 1 amide bonds. The Hall–Kier alpha value is -2.19. The Balaban J connectivity index is 2.06. The zero-order valence-corrected chi connectivity index (χ0v) is 12.4. The van der Waals surface area contributed by atoms with Crippen LogP contribution in [0.15, 0.2) is 36.4 Å². The molecule has 0 unspecified atom stereocenters. The number of anilines is 2. The summed E-state index contributed by atoms with van der Waals surface area (Å²) in [5.74, 6) is -0.442. The third kappa shape index (κ3) is 4.69. The van der Waals surface area contributed by atoms with E-state index in [2.05, 4.69) is 20.2 Å². The number of amides is 1. The molecule has 2 N–H and O–H groups in total. The van der Waals surface area contributed by atoms with Crippen LogP contribution in [0.5, 0.6) is 0 Å². The van der Waals surface area contributed by atoms with Gasteiger partial charge in [-0.15, -0.1) is 10.2 Å². The molecule has 2 rings (SSSR count). The van der Waals surface area contributed by atoms with Crippen molar-refractivity contribution in [2.24, 2.45) is 0 Å². The topological polar surface area (TPSA) is 101 Å². The molecule has 0 bridgehead atoms. The molecule has 0 aliphatic rings. The Morgan fingerprint density at radius 2 is 1.67 bits per heavy atom. The number of nitrogens with zero attached hydrogens (tertiary/aromatic N) is 2. The highest BCUT2D eigenvalue weighted by atomic mass is 35.5. The van der Waals surface area contributed by atoms with Gasteiger partial charge in [-0.25, -0.2) is 8.42 Å². The molecule has 0 saturated carbocycles. The Labute approximate surface area is 126 Å². The number of rotatable bonds is 4. The molecule has 1 aromatic carbocycles. The van der Waals surface area contributed by atoms with E-state index in [4.69, 9.17) is 11.6 Å². The van der Waals surface area contributed by atoms with Gasteiger partial charge in [0, 0.05) is 11.4 Å². The van der Waals surface area contributed by atoms with E-state index in [9.17, 15) is 13.2 Å². The zero-order chi connectivity index (χ0) is 15.5. The molecule has 1 heterocycles. The fraction of sp³-hybridized carbons (Fsp3) is 0.0833. The van der Waals surface area contributed by atoms with Crippen LogP contribution in [0.1, 0.15) is 10.5 Å². The van der Waals surface area contributed by atoms with Gasteiger partial charge in [-0.3, -0.25) is 9.52 Å². The standard InChI is InChI=1S/C12H11ClN4O3S/c1-21(19,20)17-9-4-2-8(3-5-9)14-12(18)10-6-7-11(13)16-15-10/h2-7,17H,1H3,(H,14,18). The highest BCUT2D eigenvalue weighted by Crippen LogP contribution is 2.15. The molecule has 2 aromatic rings. The minimum atomic E-state index is -3.33. The molecule has 0 fully saturated rings. The van der Waals surface area contributed by atoms with Crippen molar-refractivity contribution in [3.63, 3.8) is 0 Å². The van der Waals surface area contributed by atoms with E-state index in [0.717, 1.165) is 6.26 Å². The van der Waals surface area contributed by atoms with Gasteiger partial charge < -0.3 is 5.32 Å². The van der Waals surface area contributed by atoms with Crippen molar-refractivity contribution in [2.75, 3.05) is 16.3 Å². The van der Waals surface area contributed by atoms with Crippen LogP contribution in [-0.4, -0.2) is 30.8 Å². The summed E-state index contributed by atoms with van der Waals surface area (Å²) in [5, 5.41) is 10.0. The monoisotopic (exact) mass is 326 g/mol. The summed E-state index contributed by atoms with van der Waals surface area (Å²) in [6, 6.07) is 9.10. The molecule has 9 heteroatoms. The molecule has 7 nitrogen and oxygen atoms in total. The van der Waals surface area contributed by atoms with Crippen LogP contribution >= 0.6 is 11.6 Å². The number of hydrogen-bond donors (Lipinski definition) is 2. The largest absolute Gasteiger partial charge is 0.321 e. The van der Waals surface area contributed by atoms with Crippen molar-refractivity contribution in [1.82, 2.24) is 10.2 Å². The van der Waals surface area contributed by atoms with Crippen LogP contribution in [-0.2, 0) is 10.0 Å². The van der Waals surface area contributed by atoms with Crippen molar-refractivity contribution < 1.29 is 13.2 Å². The normalized spacial score (nSPS) is 11.0. The average molecular weight is 327 g/mol. The second-order valence-electron chi connectivity index (χ2n) is 4.15. The molecule has 0 saturated heterocycles. The third-order valence-electron chi connectivity index (χ3n) is 2.31. The van der Waals surface area contributed by atoms with Gasteiger partial charge >= 0.3 is 0 Å². The molecule has 1 aromatic heterocycles. The predicted octanol–water partition coefficient (Wildman–Crippen LogP) is 1.75. The van der Waals surface area contributed by atoms with E-state index in [1.165, 1.54) is 24.3 Å². The number of sulfonamides is 1. The van der Waals surface area contributed by atoms with Crippen LogP contribution in [0.25, 0.3) is 0 Å². The highest BCUT2D eigenvalue weighted by Gasteiger charge is 2.08. The average Bonchev–Trinajstić information content (AvgIpc) is 2.40. The molecular formula is C12H11ClN4O3S. The van der Waals surface area contributed by atoms with Gasteiger partial charge in [0.1, 0.15) is 0 Å². The van der Waals surface area contributed by atoms with Crippen LogP contribution < -0.4 is 10.0 Å². The number of carbonyl (C=O) groups is 1. The second kappa shape index (κ2) is 6.06. The molecule has 21 heavy (non-hydrogen) atoms. The van der Waals surface area contributed by atoms with Gasteiger partial charge in [0.15, 0.2) is 10.8 Å². The van der Waals surface area contributed by atoms with Gasteiger partial charge in [-0.1, -0.05) is 11.6 Å². The van der Waals surface area contributed by atoms with Gasteiger partial charge in [0.25, 0.3) is 5.91 Å². The Morgan fingerprint density at radius 3 is 2.19 bits per heavy atom. The van der Waals surface area contributed by atoms with Crippen molar-refractivity contribution in [1.29, 1.82) is 0 Å². The van der Waals surface area contributed by atoms with Gasteiger partial charge in [-0.2, -0.15) is 0 Å². The molecule has 110 valence electrons. The molecular weight excluding hydrogens is 316 g/mol. The fourth-order valence-corrected chi connectivity index (χ4v) is 2.13.